The number of aromatic nitrogens is 3. The van der Waals surface area contributed by atoms with Crippen LogP contribution in [-0.4, -0.2) is 60.1 Å². The van der Waals surface area contributed by atoms with Crippen molar-refractivity contribution in [2.45, 2.75) is 26.8 Å². The zero-order valence-electron chi connectivity index (χ0n) is 18.3. The van der Waals surface area contributed by atoms with Crippen LogP contribution in [0.4, 0.5) is 11.8 Å². The van der Waals surface area contributed by atoms with Gasteiger partial charge < -0.3 is 9.80 Å². The smallest absolute Gasteiger partial charge is 0.226 e. The lowest BCUT2D eigenvalue weighted by Gasteiger charge is -2.35. The molecule has 2 aromatic heterocycles. The molecule has 4 rings (SSSR count). The Kier molecular flexibility index (Phi) is 6.29. The Bertz CT molecular complexity index is 974. The first-order chi connectivity index (χ1) is 14.5. The second-order valence-corrected chi connectivity index (χ2v) is 8.88. The fraction of sp³-hybridized carbons (Fsp3) is 0.435. The summed E-state index contributed by atoms with van der Waals surface area (Å²) >= 11 is 1.74. The molecule has 0 aliphatic carbocycles. The van der Waals surface area contributed by atoms with Crippen molar-refractivity contribution in [1.29, 1.82) is 0 Å². The Morgan fingerprint density at radius 1 is 1.00 bits per heavy atom. The maximum atomic E-state index is 4.89. The minimum Gasteiger partial charge on any atom is -0.354 e. The number of thiazole rings is 1. The average Bonchev–Trinajstić information content (AvgIpc) is 3.22. The van der Waals surface area contributed by atoms with Crippen molar-refractivity contribution in [1.82, 2.24) is 19.9 Å². The summed E-state index contributed by atoms with van der Waals surface area (Å²) in [7, 11) is 3.97. The van der Waals surface area contributed by atoms with Gasteiger partial charge in [0.1, 0.15) is 10.8 Å². The molecule has 3 aromatic rings. The van der Waals surface area contributed by atoms with Crippen molar-refractivity contribution in [3.8, 4) is 10.6 Å². The molecule has 1 aromatic carbocycles. The van der Waals surface area contributed by atoms with E-state index in [0.29, 0.717) is 0 Å². The SMILES string of the molecule is CCc1ccc(-c2nc(CN3CCN(c4cc(C)nc(N(C)C)n4)CC3)cs2)cc1. The Morgan fingerprint density at radius 2 is 1.73 bits per heavy atom. The van der Waals surface area contributed by atoms with Gasteiger partial charge in [-0.2, -0.15) is 4.98 Å². The molecule has 7 heteroatoms. The van der Waals surface area contributed by atoms with Crippen molar-refractivity contribution >= 4 is 23.1 Å². The lowest BCUT2D eigenvalue weighted by molar-refractivity contribution is 0.247. The molecular weight excluding hydrogens is 392 g/mol. The van der Waals surface area contributed by atoms with E-state index in [9.17, 15) is 0 Å². The van der Waals surface area contributed by atoms with Gasteiger partial charge in [0, 0.05) is 69.5 Å². The molecule has 3 heterocycles. The number of rotatable bonds is 6. The summed E-state index contributed by atoms with van der Waals surface area (Å²) in [4.78, 5) is 20.9. The summed E-state index contributed by atoms with van der Waals surface area (Å²) in [6.07, 6.45) is 1.07. The predicted octanol–water partition coefficient (Wildman–Crippen LogP) is 3.86. The monoisotopic (exact) mass is 422 g/mol. The Hall–Kier alpha value is -2.51. The summed E-state index contributed by atoms with van der Waals surface area (Å²) in [5.74, 6) is 1.80. The quantitative estimate of drug-likeness (QED) is 0.601. The summed E-state index contributed by atoms with van der Waals surface area (Å²) in [6.45, 7) is 9.09. The molecule has 0 atom stereocenters. The molecule has 0 unspecified atom stereocenters. The van der Waals surface area contributed by atoms with Gasteiger partial charge in [-0.25, -0.2) is 9.97 Å². The summed E-state index contributed by atoms with van der Waals surface area (Å²) in [5.41, 5.74) is 4.75. The zero-order valence-corrected chi connectivity index (χ0v) is 19.1. The third kappa shape index (κ3) is 4.79. The van der Waals surface area contributed by atoms with E-state index < -0.39 is 0 Å². The number of anilines is 2. The third-order valence-corrected chi connectivity index (χ3v) is 6.41. The molecule has 0 saturated carbocycles. The van der Waals surface area contributed by atoms with Crippen molar-refractivity contribution in [2.75, 3.05) is 50.1 Å². The van der Waals surface area contributed by atoms with Crippen LogP contribution in [-0.2, 0) is 13.0 Å². The van der Waals surface area contributed by atoms with Crippen LogP contribution in [0, 0.1) is 6.92 Å². The third-order valence-electron chi connectivity index (χ3n) is 5.47. The molecule has 1 fully saturated rings. The predicted molar refractivity (Wildman–Crippen MR) is 126 cm³/mol. The first-order valence-electron chi connectivity index (χ1n) is 10.6. The van der Waals surface area contributed by atoms with Crippen molar-refractivity contribution < 1.29 is 0 Å². The summed E-state index contributed by atoms with van der Waals surface area (Å²) in [5, 5.41) is 3.31. The molecule has 0 bridgehead atoms. The van der Waals surface area contributed by atoms with Crippen LogP contribution >= 0.6 is 11.3 Å². The minimum atomic E-state index is 0.773. The van der Waals surface area contributed by atoms with Crippen LogP contribution in [0.15, 0.2) is 35.7 Å². The first-order valence-corrected chi connectivity index (χ1v) is 11.4. The van der Waals surface area contributed by atoms with E-state index in [1.54, 1.807) is 11.3 Å². The van der Waals surface area contributed by atoms with Crippen LogP contribution in [0.1, 0.15) is 23.9 Å². The molecule has 1 aliphatic rings. The van der Waals surface area contributed by atoms with Gasteiger partial charge in [0.15, 0.2) is 0 Å². The van der Waals surface area contributed by atoms with Crippen molar-refractivity contribution in [2.24, 2.45) is 0 Å². The number of piperazine rings is 1. The maximum absolute atomic E-state index is 4.89. The molecule has 0 spiro atoms. The van der Waals surface area contributed by atoms with Crippen LogP contribution in [0.3, 0.4) is 0 Å². The molecular formula is C23H30N6S. The Morgan fingerprint density at radius 3 is 2.40 bits per heavy atom. The standard InChI is InChI=1S/C23H30N6S/c1-5-18-6-8-19(9-7-18)22-25-20(16-30-22)15-28-10-12-29(13-11-28)21-14-17(2)24-23(26-21)27(3)4/h6-9,14,16H,5,10-13,15H2,1-4H3. The van der Waals surface area contributed by atoms with Gasteiger partial charge >= 0.3 is 0 Å². The number of aryl methyl sites for hydroxylation is 2. The minimum absolute atomic E-state index is 0.773. The summed E-state index contributed by atoms with van der Waals surface area (Å²) in [6, 6.07) is 10.9. The lowest BCUT2D eigenvalue weighted by atomic mass is 10.1. The number of nitrogens with zero attached hydrogens (tertiary/aromatic N) is 6. The van der Waals surface area contributed by atoms with Gasteiger partial charge in [-0.05, 0) is 18.9 Å². The van der Waals surface area contributed by atoms with Crippen LogP contribution in [0.25, 0.3) is 10.6 Å². The first kappa shape index (κ1) is 20.8. The number of hydrogen-bond donors (Lipinski definition) is 0. The molecule has 0 N–H and O–H groups in total. The van der Waals surface area contributed by atoms with Gasteiger partial charge in [-0.3, -0.25) is 4.90 Å². The largest absolute Gasteiger partial charge is 0.354 e. The molecule has 6 nitrogen and oxygen atoms in total. The highest BCUT2D eigenvalue weighted by Crippen LogP contribution is 2.25. The molecule has 158 valence electrons. The van der Waals surface area contributed by atoms with Crippen molar-refractivity contribution in [3.63, 3.8) is 0 Å². The van der Waals surface area contributed by atoms with Crippen LogP contribution in [0.2, 0.25) is 0 Å². The maximum Gasteiger partial charge on any atom is 0.226 e. The number of hydrogen-bond acceptors (Lipinski definition) is 7. The second kappa shape index (κ2) is 9.10. The molecule has 30 heavy (non-hydrogen) atoms. The lowest BCUT2D eigenvalue weighted by Crippen LogP contribution is -2.46. The highest BCUT2D eigenvalue weighted by molar-refractivity contribution is 7.13. The van der Waals surface area contributed by atoms with Gasteiger partial charge in [0.2, 0.25) is 5.95 Å². The normalized spacial score (nSPS) is 14.9. The summed E-state index contributed by atoms with van der Waals surface area (Å²) < 4.78 is 0. The zero-order chi connectivity index (χ0) is 21.1. The van der Waals surface area contributed by atoms with E-state index in [-0.39, 0.29) is 0 Å². The van der Waals surface area contributed by atoms with E-state index in [0.717, 1.165) is 67.3 Å². The highest BCUT2D eigenvalue weighted by Gasteiger charge is 2.20. The number of benzene rings is 1. The molecule has 0 radical (unpaired) electrons. The van der Waals surface area contributed by atoms with Gasteiger partial charge in [0.25, 0.3) is 0 Å². The van der Waals surface area contributed by atoms with E-state index in [1.807, 2.05) is 25.9 Å². The van der Waals surface area contributed by atoms with E-state index in [1.165, 1.54) is 11.1 Å². The molecule has 0 amide bonds. The van der Waals surface area contributed by atoms with Crippen molar-refractivity contribution in [3.05, 3.63) is 52.7 Å². The van der Waals surface area contributed by atoms with Gasteiger partial charge in [-0.1, -0.05) is 31.2 Å². The molecule has 1 saturated heterocycles. The van der Waals surface area contributed by atoms with Crippen LogP contribution in [0.5, 0.6) is 0 Å². The fourth-order valence-electron chi connectivity index (χ4n) is 3.66. The Balaban J connectivity index is 1.36. The highest BCUT2D eigenvalue weighted by atomic mass is 32.1. The van der Waals surface area contributed by atoms with Gasteiger partial charge in [0.05, 0.1) is 5.69 Å². The Labute approximate surface area is 183 Å². The van der Waals surface area contributed by atoms with E-state index >= 15 is 0 Å². The second-order valence-electron chi connectivity index (χ2n) is 8.02. The van der Waals surface area contributed by atoms with Crippen LogP contribution < -0.4 is 9.80 Å². The molecule has 1 aliphatic heterocycles. The van der Waals surface area contributed by atoms with E-state index in [2.05, 4.69) is 57.4 Å². The topological polar surface area (TPSA) is 48.4 Å². The van der Waals surface area contributed by atoms with Gasteiger partial charge in [-0.15, -0.1) is 11.3 Å². The van der Waals surface area contributed by atoms with E-state index in [4.69, 9.17) is 9.97 Å². The average molecular weight is 423 g/mol. The fourth-order valence-corrected chi connectivity index (χ4v) is 4.47.